The van der Waals surface area contributed by atoms with E-state index in [9.17, 15) is 9.59 Å². The maximum Gasteiger partial charge on any atom is 0.224 e. The van der Waals surface area contributed by atoms with Crippen LogP contribution in [0.2, 0.25) is 0 Å². The molecule has 1 aliphatic rings. The van der Waals surface area contributed by atoms with E-state index in [2.05, 4.69) is 21.9 Å². The fourth-order valence-corrected chi connectivity index (χ4v) is 5.35. The van der Waals surface area contributed by atoms with E-state index in [1.165, 1.54) is 0 Å². The number of benzene rings is 3. The zero-order valence-corrected chi connectivity index (χ0v) is 24.7. The Balaban J connectivity index is 1.56. The summed E-state index contributed by atoms with van der Waals surface area (Å²) in [5.74, 6) is 1.70. The molecule has 0 bridgehead atoms. The molecule has 0 saturated carbocycles. The van der Waals surface area contributed by atoms with Gasteiger partial charge < -0.3 is 24.2 Å². The number of carbonyl (C=O) groups is 2. The van der Waals surface area contributed by atoms with E-state index in [4.69, 9.17) is 9.47 Å². The van der Waals surface area contributed by atoms with E-state index in [0.717, 1.165) is 60.1 Å². The van der Waals surface area contributed by atoms with Crippen molar-refractivity contribution in [2.24, 2.45) is 0 Å². The van der Waals surface area contributed by atoms with Crippen LogP contribution < -0.4 is 19.3 Å². The minimum Gasteiger partial charge on any atom is -0.497 e. The second-order valence-corrected chi connectivity index (χ2v) is 10.4. The van der Waals surface area contributed by atoms with Crippen molar-refractivity contribution < 1.29 is 19.1 Å². The summed E-state index contributed by atoms with van der Waals surface area (Å²) in [6.07, 6.45) is 1.19. The molecular weight excluding hydrogens is 516 g/mol. The second-order valence-electron chi connectivity index (χ2n) is 10.4. The van der Waals surface area contributed by atoms with Crippen molar-refractivity contribution in [3.8, 4) is 11.5 Å². The van der Waals surface area contributed by atoms with Crippen molar-refractivity contribution in [2.75, 3.05) is 63.8 Å². The number of hydrogen-bond acceptors (Lipinski definition) is 6. The Morgan fingerprint density at radius 1 is 0.878 bits per heavy atom. The van der Waals surface area contributed by atoms with E-state index in [1.54, 1.807) is 21.1 Å². The van der Waals surface area contributed by atoms with E-state index in [-0.39, 0.29) is 11.8 Å². The fraction of sp³-hybridized carbons (Fsp3) is 0.394. The summed E-state index contributed by atoms with van der Waals surface area (Å²) in [5, 5.41) is 0. The van der Waals surface area contributed by atoms with Crippen LogP contribution in [0, 0.1) is 0 Å². The first-order valence-electron chi connectivity index (χ1n) is 14.2. The molecule has 0 aliphatic carbocycles. The summed E-state index contributed by atoms with van der Waals surface area (Å²) in [6.45, 7) is 6.11. The first-order valence-corrected chi connectivity index (χ1v) is 14.2. The Morgan fingerprint density at radius 3 is 2.44 bits per heavy atom. The number of nitrogens with zero attached hydrogens (tertiary/aromatic N) is 4. The number of anilines is 2. The molecule has 1 aliphatic heterocycles. The fourth-order valence-electron chi connectivity index (χ4n) is 5.35. The van der Waals surface area contributed by atoms with Crippen molar-refractivity contribution in [1.29, 1.82) is 0 Å². The third-order valence-corrected chi connectivity index (χ3v) is 7.62. The molecule has 218 valence electrons. The molecule has 0 saturated heterocycles. The lowest BCUT2D eigenvalue weighted by Gasteiger charge is -2.29. The smallest absolute Gasteiger partial charge is 0.224 e. The van der Waals surface area contributed by atoms with E-state index < -0.39 is 0 Å². The van der Waals surface area contributed by atoms with Gasteiger partial charge in [-0.1, -0.05) is 42.5 Å². The van der Waals surface area contributed by atoms with Gasteiger partial charge in [-0.25, -0.2) is 0 Å². The number of rotatable bonds is 8. The zero-order chi connectivity index (χ0) is 29.2. The highest BCUT2D eigenvalue weighted by Gasteiger charge is 2.23. The summed E-state index contributed by atoms with van der Waals surface area (Å²) in [5.41, 5.74) is 3.97. The summed E-state index contributed by atoms with van der Waals surface area (Å²) in [4.78, 5) is 34.7. The molecule has 3 aromatic carbocycles. The van der Waals surface area contributed by atoms with Gasteiger partial charge in [-0.2, -0.15) is 0 Å². The van der Waals surface area contributed by atoms with Crippen LogP contribution in [0.15, 0.2) is 72.8 Å². The van der Waals surface area contributed by atoms with Gasteiger partial charge >= 0.3 is 0 Å². The third-order valence-electron chi connectivity index (χ3n) is 7.62. The number of carbonyl (C=O) groups excluding carboxylic acids is 2. The van der Waals surface area contributed by atoms with Crippen molar-refractivity contribution in [3.63, 3.8) is 0 Å². The second kappa shape index (κ2) is 14.6. The number of fused-ring (bicyclic) bond motifs is 1. The Bertz CT molecular complexity index is 1310. The maximum atomic E-state index is 13.8. The van der Waals surface area contributed by atoms with E-state index in [1.807, 2.05) is 77.5 Å². The highest BCUT2D eigenvalue weighted by molar-refractivity contribution is 5.92. The summed E-state index contributed by atoms with van der Waals surface area (Å²) >= 11 is 0. The van der Waals surface area contributed by atoms with Crippen LogP contribution >= 0.6 is 0 Å². The van der Waals surface area contributed by atoms with Crippen LogP contribution in [-0.2, 0) is 22.7 Å². The quantitative estimate of drug-likeness (QED) is 0.395. The molecule has 41 heavy (non-hydrogen) atoms. The van der Waals surface area contributed by atoms with Gasteiger partial charge in [0.05, 0.1) is 19.9 Å². The van der Waals surface area contributed by atoms with E-state index >= 15 is 0 Å². The van der Waals surface area contributed by atoms with Crippen LogP contribution in [0.5, 0.6) is 11.5 Å². The molecule has 0 N–H and O–H groups in total. The minimum absolute atomic E-state index is 0.00681. The van der Waals surface area contributed by atoms with Crippen LogP contribution in [0.4, 0.5) is 11.4 Å². The van der Waals surface area contributed by atoms with Gasteiger partial charge in [0.1, 0.15) is 11.5 Å². The molecular formula is C33H42N4O4. The summed E-state index contributed by atoms with van der Waals surface area (Å²) in [7, 11) is 5.31. The Morgan fingerprint density at radius 2 is 1.66 bits per heavy atom. The molecule has 0 radical (unpaired) electrons. The average Bonchev–Trinajstić information content (AvgIpc) is 3.03. The van der Waals surface area contributed by atoms with Crippen molar-refractivity contribution in [1.82, 2.24) is 9.80 Å². The third kappa shape index (κ3) is 8.01. The highest BCUT2D eigenvalue weighted by atomic mass is 16.5. The molecule has 8 nitrogen and oxygen atoms in total. The van der Waals surface area contributed by atoms with Crippen molar-refractivity contribution >= 4 is 23.2 Å². The predicted molar refractivity (Wildman–Crippen MR) is 164 cm³/mol. The molecule has 8 heteroatoms. The highest BCUT2D eigenvalue weighted by Crippen LogP contribution is 2.27. The molecule has 0 unspecified atom stereocenters. The number of ether oxygens (including phenoxy) is 2. The number of amides is 2. The van der Waals surface area contributed by atoms with Crippen LogP contribution in [0.25, 0.3) is 0 Å². The Labute approximate surface area is 244 Å². The van der Waals surface area contributed by atoms with Gasteiger partial charge in [0, 0.05) is 71.9 Å². The Hall–Kier alpha value is -4.04. The van der Waals surface area contributed by atoms with Gasteiger partial charge in [-0.3, -0.25) is 14.5 Å². The molecule has 0 fully saturated rings. The number of methoxy groups -OCH3 is 2. The first kappa shape index (κ1) is 29.9. The Kier molecular flexibility index (Phi) is 10.6. The molecule has 0 atom stereocenters. The summed E-state index contributed by atoms with van der Waals surface area (Å²) in [6, 6.07) is 23.9. The van der Waals surface area contributed by atoms with Crippen molar-refractivity contribution in [3.05, 3.63) is 83.9 Å². The molecule has 0 spiro atoms. The lowest BCUT2D eigenvalue weighted by Crippen LogP contribution is -2.39. The predicted octanol–water partition coefficient (Wildman–Crippen LogP) is 4.82. The van der Waals surface area contributed by atoms with Crippen LogP contribution in [0.3, 0.4) is 0 Å². The normalized spacial score (nSPS) is 14.5. The lowest BCUT2D eigenvalue weighted by atomic mass is 10.1. The van der Waals surface area contributed by atoms with Gasteiger partial charge in [0.2, 0.25) is 11.8 Å². The topological polar surface area (TPSA) is 65.6 Å². The van der Waals surface area contributed by atoms with Crippen LogP contribution in [-0.4, -0.2) is 75.6 Å². The standard InChI is InChI=1S/C33H42N4O4/c1-26(38)37-19-10-18-35(24-27-11-9-13-29(23-27)40-3)21-22-36(25-28-12-5-6-14-30(28)37)33(39)17-20-34(2)31-15-7-8-16-32(31)41-4/h5-9,11-16,23H,10,17-22,24-25H2,1-4H3. The largest absolute Gasteiger partial charge is 0.497 e. The SMILES string of the molecule is COc1cccc(CN2CCCN(C(C)=O)c3ccccc3CN(C(=O)CCN(C)c3ccccc3OC)CC2)c1. The van der Waals surface area contributed by atoms with Gasteiger partial charge in [-0.15, -0.1) is 0 Å². The summed E-state index contributed by atoms with van der Waals surface area (Å²) < 4.78 is 11.0. The zero-order valence-electron chi connectivity index (χ0n) is 24.7. The maximum absolute atomic E-state index is 13.8. The molecule has 1 heterocycles. The number of hydrogen-bond donors (Lipinski definition) is 0. The van der Waals surface area contributed by atoms with Crippen molar-refractivity contribution in [2.45, 2.75) is 32.9 Å². The molecule has 3 aromatic rings. The van der Waals surface area contributed by atoms with Gasteiger partial charge in [-0.05, 0) is 47.9 Å². The van der Waals surface area contributed by atoms with Gasteiger partial charge in [0.15, 0.2) is 0 Å². The molecule has 0 aromatic heterocycles. The van der Waals surface area contributed by atoms with Crippen LogP contribution in [0.1, 0.15) is 30.9 Å². The van der Waals surface area contributed by atoms with E-state index in [0.29, 0.717) is 32.6 Å². The van der Waals surface area contributed by atoms with Gasteiger partial charge in [0.25, 0.3) is 0 Å². The molecule has 2 amide bonds. The average molecular weight is 559 g/mol. The number of para-hydroxylation sites is 3. The lowest BCUT2D eigenvalue weighted by molar-refractivity contribution is -0.131. The monoisotopic (exact) mass is 558 g/mol. The first-order chi connectivity index (χ1) is 19.9. The molecule has 4 rings (SSSR count). The minimum atomic E-state index is 0.00681.